The van der Waals surface area contributed by atoms with E-state index in [2.05, 4.69) is 20.6 Å². The van der Waals surface area contributed by atoms with E-state index in [9.17, 15) is 9.59 Å². The zero-order valence-electron chi connectivity index (χ0n) is 11.5. The third kappa shape index (κ3) is 4.10. The average Bonchev–Trinajstić information content (AvgIpc) is 3.06. The molecular formula is C13H16N4O4. The highest BCUT2D eigenvalue weighted by molar-refractivity contribution is 5.88. The number of carboxylic acid groups (broad SMARTS) is 1. The summed E-state index contributed by atoms with van der Waals surface area (Å²) >= 11 is 0. The monoisotopic (exact) mass is 292 g/mol. The fourth-order valence-electron chi connectivity index (χ4n) is 1.80. The molecule has 0 aromatic carbocycles. The summed E-state index contributed by atoms with van der Waals surface area (Å²) in [6.07, 6.45) is 3.97. The van der Waals surface area contributed by atoms with Gasteiger partial charge in [-0.2, -0.15) is 0 Å². The Morgan fingerprint density at radius 3 is 2.86 bits per heavy atom. The molecule has 0 aliphatic heterocycles. The first-order valence-corrected chi connectivity index (χ1v) is 6.39. The van der Waals surface area contributed by atoms with Crippen LogP contribution in [0.2, 0.25) is 0 Å². The minimum atomic E-state index is -1.05. The highest BCUT2D eigenvalue weighted by Gasteiger charge is 2.13. The molecule has 0 aliphatic carbocycles. The van der Waals surface area contributed by atoms with Gasteiger partial charge in [-0.05, 0) is 13.0 Å². The number of carboxylic acids is 1. The SMILES string of the molecule is Cc1oc(CNC(=O)NCCc2ncc[nH]2)cc1C(=O)O. The normalized spacial score (nSPS) is 10.3. The number of nitrogens with one attached hydrogen (secondary N) is 3. The number of nitrogens with zero attached hydrogens (tertiary/aromatic N) is 1. The lowest BCUT2D eigenvalue weighted by atomic mass is 10.2. The van der Waals surface area contributed by atoms with Crippen LogP contribution < -0.4 is 10.6 Å². The van der Waals surface area contributed by atoms with Gasteiger partial charge in [0, 0.05) is 25.4 Å². The number of urea groups is 1. The van der Waals surface area contributed by atoms with Gasteiger partial charge in [0.1, 0.15) is 22.9 Å². The maximum absolute atomic E-state index is 11.6. The zero-order valence-corrected chi connectivity index (χ0v) is 11.5. The highest BCUT2D eigenvalue weighted by atomic mass is 16.4. The van der Waals surface area contributed by atoms with Crippen molar-refractivity contribution in [3.8, 4) is 0 Å². The lowest BCUT2D eigenvalue weighted by molar-refractivity contribution is 0.0695. The van der Waals surface area contributed by atoms with Crippen molar-refractivity contribution in [2.45, 2.75) is 19.9 Å². The van der Waals surface area contributed by atoms with Gasteiger partial charge in [-0.25, -0.2) is 14.6 Å². The van der Waals surface area contributed by atoms with Crippen molar-refractivity contribution >= 4 is 12.0 Å². The minimum Gasteiger partial charge on any atom is -0.478 e. The summed E-state index contributed by atoms with van der Waals surface area (Å²) in [5, 5.41) is 14.2. The summed E-state index contributed by atoms with van der Waals surface area (Å²) in [5.41, 5.74) is 0.102. The van der Waals surface area contributed by atoms with Gasteiger partial charge in [0.2, 0.25) is 0 Å². The number of amides is 2. The van der Waals surface area contributed by atoms with Crippen LogP contribution in [-0.4, -0.2) is 33.6 Å². The predicted octanol–water partition coefficient (Wildman–Crippen LogP) is 1.05. The largest absolute Gasteiger partial charge is 0.478 e. The van der Waals surface area contributed by atoms with E-state index in [1.165, 1.54) is 6.07 Å². The van der Waals surface area contributed by atoms with Gasteiger partial charge in [0.05, 0.1) is 6.54 Å². The second-order valence-electron chi connectivity index (χ2n) is 4.38. The molecule has 112 valence electrons. The van der Waals surface area contributed by atoms with Crippen molar-refractivity contribution in [1.82, 2.24) is 20.6 Å². The van der Waals surface area contributed by atoms with Crippen molar-refractivity contribution in [3.05, 3.63) is 41.4 Å². The Labute approximate surface area is 120 Å². The van der Waals surface area contributed by atoms with E-state index in [1.54, 1.807) is 19.3 Å². The Kier molecular flexibility index (Phi) is 4.60. The van der Waals surface area contributed by atoms with Crippen molar-refractivity contribution in [2.24, 2.45) is 0 Å². The molecule has 2 aromatic rings. The van der Waals surface area contributed by atoms with Crippen molar-refractivity contribution < 1.29 is 19.1 Å². The maximum atomic E-state index is 11.6. The second-order valence-corrected chi connectivity index (χ2v) is 4.38. The molecule has 2 aromatic heterocycles. The van der Waals surface area contributed by atoms with E-state index in [4.69, 9.17) is 9.52 Å². The Bertz CT molecular complexity index is 618. The summed E-state index contributed by atoms with van der Waals surface area (Å²) in [5.74, 6) is 0.456. The molecule has 0 fully saturated rings. The summed E-state index contributed by atoms with van der Waals surface area (Å²) < 4.78 is 5.25. The van der Waals surface area contributed by atoms with Crippen LogP contribution in [-0.2, 0) is 13.0 Å². The van der Waals surface area contributed by atoms with Gasteiger partial charge in [-0.3, -0.25) is 0 Å². The van der Waals surface area contributed by atoms with E-state index in [0.29, 0.717) is 24.5 Å². The quantitative estimate of drug-likeness (QED) is 0.634. The van der Waals surface area contributed by atoms with E-state index in [0.717, 1.165) is 5.82 Å². The van der Waals surface area contributed by atoms with Crippen LogP contribution in [0, 0.1) is 6.92 Å². The van der Waals surface area contributed by atoms with Crippen LogP contribution in [0.5, 0.6) is 0 Å². The van der Waals surface area contributed by atoms with E-state index >= 15 is 0 Å². The number of hydrogen-bond acceptors (Lipinski definition) is 4. The Morgan fingerprint density at radius 2 is 2.24 bits per heavy atom. The molecule has 2 rings (SSSR count). The van der Waals surface area contributed by atoms with Crippen LogP contribution in [0.15, 0.2) is 22.9 Å². The standard InChI is InChI=1S/C13H16N4O4/c1-8-10(12(18)19)6-9(21-8)7-17-13(20)16-3-2-11-14-4-5-15-11/h4-6H,2-3,7H2,1H3,(H,14,15)(H,18,19)(H2,16,17,20). The van der Waals surface area contributed by atoms with Gasteiger partial charge < -0.3 is 25.1 Å². The molecule has 0 radical (unpaired) electrons. The first-order valence-electron chi connectivity index (χ1n) is 6.39. The lowest BCUT2D eigenvalue weighted by Gasteiger charge is -2.05. The van der Waals surface area contributed by atoms with E-state index < -0.39 is 5.97 Å². The second kappa shape index (κ2) is 6.60. The number of rotatable bonds is 6. The number of aromatic amines is 1. The molecule has 0 spiro atoms. The fourth-order valence-corrected chi connectivity index (χ4v) is 1.80. The third-order valence-electron chi connectivity index (χ3n) is 2.82. The molecule has 21 heavy (non-hydrogen) atoms. The van der Waals surface area contributed by atoms with Crippen LogP contribution in [0.3, 0.4) is 0 Å². The maximum Gasteiger partial charge on any atom is 0.339 e. The third-order valence-corrected chi connectivity index (χ3v) is 2.82. The van der Waals surface area contributed by atoms with Crippen LogP contribution in [0.4, 0.5) is 4.79 Å². The molecular weight excluding hydrogens is 276 g/mol. The van der Waals surface area contributed by atoms with Crippen molar-refractivity contribution in [3.63, 3.8) is 0 Å². The number of hydrogen-bond donors (Lipinski definition) is 4. The van der Waals surface area contributed by atoms with Gasteiger partial charge in [-0.1, -0.05) is 0 Å². The number of carbonyl (C=O) groups is 2. The Balaban J connectivity index is 1.73. The first kappa shape index (κ1) is 14.6. The van der Waals surface area contributed by atoms with Crippen molar-refractivity contribution in [1.29, 1.82) is 0 Å². The zero-order chi connectivity index (χ0) is 15.2. The molecule has 0 unspecified atom stereocenters. The number of furan rings is 1. The molecule has 4 N–H and O–H groups in total. The van der Waals surface area contributed by atoms with Gasteiger partial charge >= 0.3 is 12.0 Å². The number of imidazole rings is 1. The number of H-pyrrole nitrogens is 1. The lowest BCUT2D eigenvalue weighted by Crippen LogP contribution is -2.36. The number of aryl methyl sites for hydroxylation is 1. The molecule has 2 amide bonds. The van der Waals surface area contributed by atoms with E-state index in [-0.39, 0.29) is 18.1 Å². The van der Waals surface area contributed by atoms with Gasteiger partial charge in [-0.15, -0.1) is 0 Å². The summed E-state index contributed by atoms with van der Waals surface area (Å²) in [6.45, 7) is 2.13. The first-order chi connectivity index (χ1) is 10.1. The molecule has 0 saturated heterocycles. The topological polar surface area (TPSA) is 120 Å². The smallest absolute Gasteiger partial charge is 0.339 e. The molecule has 8 nitrogen and oxygen atoms in total. The van der Waals surface area contributed by atoms with Crippen molar-refractivity contribution in [2.75, 3.05) is 6.54 Å². The van der Waals surface area contributed by atoms with E-state index in [1.807, 2.05) is 0 Å². The molecule has 0 atom stereocenters. The Morgan fingerprint density at radius 1 is 1.43 bits per heavy atom. The summed E-state index contributed by atoms with van der Waals surface area (Å²) in [7, 11) is 0. The predicted molar refractivity (Wildman–Crippen MR) is 72.9 cm³/mol. The van der Waals surface area contributed by atoms with Crippen LogP contribution in [0.25, 0.3) is 0 Å². The molecule has 8 heteroatoms. The molecule has 0 bridgehead atoms. The minimum absolute atomic E-state index is 0.102. The fraction of sp³-hybridized carbons (Fsp3) is 0.308. The highest BCUT2D eigenvalue weighted by Crippen LogP contribution is 2.14. The van der Waals surface area contributed by atoms with Crippen LogP contribution >= 0.6 is 0 Å². The number of carbonyl (C=O) groups excluding carboxylic acids is 1. The summed E-state index contributed by atoms with van der Waals surface area (Å²) in [6, 6.07) is 1.05. The van der Waals surface area contributed by atoms with Gasteiger partial charge in [0.15, 0.2) is 0 Å². The molecule has 2 heterocycles. The van der Waals surface area contributed by atoms with Gasteiger partial charge in [0.25, 0.3) is 0 Å². The number of aromatic nitrogens is 2. The molecule has 0 aliphatic rings. The number of aromatic carboxylic acids is 1. The average molecular weight is 292 g/mol. The van der Waals surface area contributed by atoms with Crippen LogP contribution in [0.1, 0.15) is 27.7 Å². The Hall–Kier alpha value is -2.77. The molecule has 0 saturated carbocycles. The summed E-state index contributed by atoms with van der Waals surface area (Å²) in [4.78, 5) is 29.4.